The average Bonchev–Trinajstić information content (AvgIpc) is 2.77. The summed E-state index contributed by atoms with van der Waals surface area (Å²) in [6.45, 7) is 4.28. The van der Waals surface area contributed by atoms with Gasteiger partial charge in [0.2, 0.25) is 0 Å². The fourth-order valence-electron chi connectivity index (χ4n) is 2.72. The molecule has 31 heavy (non-hydrogen) atoms. The van der Waals surface area contributed by atoms with Gasteiger partial charge in [0.1, 0.15) is 12.4 Å². The molecule has 0 aliphatic heterocycles. The summed E-state index contributed by atoms with van der Waals surface area (Å²) < 4.78 is 5.80. The SMILES string of the molecule is Cc1ccccc1COc1ccc(/C=N/NC(=O)C(=O)Nc2cccc(Cl)c2C)cc1. The number of ether oxygens (including phenoxy) is 1. The highest BCUT2D eigenvalue weighted by molar-refractivity contribution is 6.40. The monoisotopic (exact) mass is 435 g/mol. The molecule has 0 heterocycles. The molecule has 2 amide bonds. The number of hydrogen-bond acceptors (Lipinski definition) is 4. The molecule has 3 rings (SSSR count). The van der Waals surface area contributed by atoms with Crippen LogP contribution in [0.25, 0.3) is 0 Å². The summed E-state index contributed by atoms with van der Waals surface area (Å²) in [7, 11) is 0. The minimum Gasteiger partial charge on any atom is -0.489 e. The molecule has 7 heteroatoms. The van der Waals surface area contributed by atoms with E-state index in [0.29, 0.717) is 22.9 Å². The zero-order valence-electron chi connectivity index (χ0n) is 17.2. The Balaban J connectivity index is 1.50. The molecule has 0 fully saturated rings. The van der Waals surface area contributed by atoms with Gasteiger partial charge in [-0.15, -0.1) is 0 Å². The maximum absolute atomic E-state index is 12.0. The number of amides is 2. The van der Waals surface area contributed by atoms with Crippen molar-refractivity contribution in [3.8, 4) is 5.75 Å². The quantitative estimate of drug-likeness (QED) is 0.336. The molecule has 0 saturated carbocycles. The summed E-state index contributed by atoms with van der Waals surface area (Å²) >= 11 is 6.01. The Labute approximate surface area is 185 Å². The summed E-state index contributed by atoms with van der Waals surface area (Å²) in [5.74, 6) is -0.989. The van der Waals surface area contributed by atoms with Crippen molar-refractivity contribution in [1.82, 2.24) is 5.43 Å². The maximum atomic E-state index is 12.0. The predicted molar refractivity (Wildman–Crippen MR) is 123 cm³/mol. The lowest BCUT2D eigenvalue weighted by Gasteiger charge is -2.09. The Kier molecular flexibility index (Phi) is 7.40. The lowest BCUT2D eigenvalue weighted by Crippen LogP contribution is -2.32. The molecule has 0 saturated heterocycles. The summed E-state index contributed by atoms with van der Waals surface area (Å²) in [4.78, 5) is 24.0. The standard InChI is InChI=1S/C24H22ClN3O3/c1-16-6-3-4-7-19(16)15-31-20-12-10-18(11-13-20)14-26-28-24(30)23(29)27-22-9-5-8-21(25)17(22)2/h3-14H,15H2,1-2H3,(H,27,29)(H,28,30)/b26-14+. The van der Waals surface area contributed by atoms with E-state index < -0.39 is 11.8 Å². The maximum Gasteiger partial charge on any atom is 0.329 e. The van der Waals surface area contributed by atoms with Crippen LogP contribution < -0.4 is 15.5 Å². The summed E-state index contributed by atoms with van der Waals surface area (Å²) in [5.41, 5.74) is 6.41. The zero-order chi connectivity index (χ0) is 22.2. The third-order valence-electron chi connectivity index (χ3n) is 4.64. The predicted octanol–water partition coefficient (Wildman–Crippen LogP) is 4.62. The highest BCUT2D eigenvalue weighted by Crippen LogP contribution is 2.22. The van der Waals surface area contributed by atoms with E-state index in [4.69, 9.17) is 16.3 Å². The van der Waals surface area contributed by atoms with Crippen LogP contribution in [0.15, 0.2) is 71.8 Å². The minimum absolute atomic E-state index is 0.470. The first kappa shape index (κ1) is 22.1. The number of nitrogens with one attached hydrogen (secondary N) is 2. The fraction of sp³-hybridized carbons (Fsp3) is 0.125. The first-order valence-corrected chi connectivity index (χ1v) is 9.98. The van der Waals surface area contributed by atoms with E-state index in [2.05, 4.69) is 15.8 Å². The van der Waals surface area contributed by atoms with Gasteiger partial charge in [-0.3, -0.25) is 9.59 Å². The Morgan fingerprint density at radius 3 is 2.45 bits per heavy atom. The number of halogens is 1. The highest BCUT2D eigenvalue weighted by atomic mass is 35.5. The lowest BCUT2D eigenvalue weighted by molar-refractivity contribution is -0.136. The Morgan fingerprint density at radius 2 is 1.71 bits per heavy atom. The molecule has 0 bridgehead atoms. The van der Waals surface area contributed by atoms with Crippen LogP contribution in [-0.4, -0.2) is 18.0 Å². The Morgan fingerprint density at radius 1 is 0.968 bits per heavy atom. The van der Waals surface area contributed by atoms with E-state index in [0.717, 1.165) is 16.9 Å². The average molecular weight is 436 g/mol. The van der Waals surface area contributed by atoms with Gasteiger partial charge in [-0.1, -0.05) is 41.9 Å². The molecule has 0 aromatic heterocycles. The minimum atomic E-state index is -0.881. The van der Waals surface area contributed by atoms with E-state index in [1.807, 2.05) is 43.3 Å². The second kappa shape index (κ2) is 10.4. The second-order valence-electron chi connectivity index (χ2n) is 6.85. The first-order valence-electron chi connectivity index (χ1n) is 9.61. The van der Waals surface area contributed by atoms with Gasteiger partial charge in [0.15, 0.2) is 0 Å². The number of aryl methyl sites for hydroxylation is 1. The molecule has 2 N–H and O–H groups in total. The lowest BCUT2D eigenvalue weighted by atomic mass is 10.1. The van der Waals surface area contributed by atoms with Crippen molar-refractivity contribution < 1.29 is 14.3 Å². The number of anilines is 1. The summed E-state index contributed by atoms with van der Waals surface area (Å²) in [6, 6.07) is 20.3. The van der Waals surface area contributed by atoms with Crippen LogP contribution in [0.4, 0.5) is 5.69 Å². The highest BCUT2D eigenvalue weighted by Gasteiger charge is 2.14. The molecule has 0 unspecified atom stereocenters. The Hall–Kier alpha value is -3.64. The molecular weight excluding hydrogens is 414 g/mol. The first-order chi connectivity index (χ1) is 14.9. The third-order valence-corrected chi connectivity index (χ3v) is 5.05. The van der Waals surface area contributed by atoms with Gasteiger partial charge in [-0.05, 0) is 72.5 Å². The largest absolute Gasteiger partial charge is 0.489 e. The third kappa shape index (κ3) is 6.17. The molecule has 0 spiro atoms. The van der Waals surface area contributed by atoms with Crippen molar-refractivity contribution in [1.29, 1.82) is 0 Å². The van der Waals surface area contributed by atoms with Gasteiger partial charge in [0.05, 0.1) is 6.21 Å². The summed E-state index contributed by atoms with van der Waals surface area (Å²) in [6.07, 6.45) is 1.45. The van der Waals surface area contributed by atoms with Crippen molar-refractivity contribution in [2.75, 3.05) is 5.32 Å². The van der Waals surface area contributed by atoms with Gasteiger partial charge >= 0.3 is 11.8 Å². The number of hydrogen-bond donors (Lipinski definition) is 2. The van der Waals surface area contributed by atoms with E-state index in [-0.39, 0.29) is 0 Å². The van der Waals surface area contributed by atoms with Crippen LogP contribution in [0, 0.1) is 13.8 Å². The molecule has 158 valence electrons. The van der Waals surface area contributed by atoms with Crippen molar-refractivity contribution in [2.24, 2.45) is 5.10 Å². The van der Waals surface area contributed by atoms with Gasteiger partial charge in [0.25, 0.3) is 0 Å². The molecule has 0 aliphatic rings. The number of carbonyl (C=O) groups is 2. The number of benzene rings is 3. The second-order valence-corrected chi connectivity index (χ2v) is 7.26. The molecule has 0 atom stereocenters. The molecule has 6 nitrogen and oxygen atoms in total. The van der Waals surface area contributed by atoms with Crippen LogP contribution >= 0.6 is 11.6 Å². The fourth-order valence-corrected chi connectivity index (χ4v) is 2.90. The van der Waals surface area contributed by atoms with Gasteiger partial charge in [0, 0.05) is 10.7 Å². The number of rotatable bonds is 6. The molecule has 0 aliphatic carbocycles. The number of nitrogens with zero attached hydrogens (tertiary/aromatic N) is 1. The van der Waals surface area contributed by atoms with Crippen LogP contribution in [0.2, 0.25) is 5.02 Å². The van der Waals surface area contributed by atoms with E-state index in [9.17, 15) is 9.59 Å². The van der Waals surface area contributed by atoms with Crippen molar-refractivity contribution >= 4 is 35.3 Å². The van der Waals surface area contributed by atoms with Gasteiger partial charge in [-0.2, -0.15) is 5.10 Å². The van der Waals surface area contributed by atoms with Crippen molar-refractivity contribution in [3.05, 3.63) is 94.0 Å². The van der Waals surface area contributed by atoms with Crippen LogP contribution in [0.3, 0.4) is 0 Å². The zero-order valence-corrected chi connectivity index (χ0v) is 17.9. The van der Waals surface area contributed by atoms with E-state index >= 15 is 0 Å². The normalized spacial score (nSPS) is 10.7. The molecule has 3 aromatic rings. The molecular formula is C24H22ClN3O3. The topological polar surface area (TPSA) is 79.8 Å². The Bertz CT molecular complexity index is 1110. The van der Waals surface area contributed by atoms with E-state index in [1.54, 1.807) is 37.3 Å². The molecule has 3 aromatic carbocycles. The van der Waals surface area contributed by atoms with Gasteiger partial charge < -0.3 is 10.1 Å². The van der Waals surface area contributed by atoms with Crippen molar-refractivity contribution in [2.45, 2.75) is 20.5 Å². The number of hydrazone groups is 1. The number of carbonyl (C=O) groups excluding carboxylic acids is 2. The molecule has 0 radical (unpaired) electrons. The van der Waals surface area contributed by atoms with Crippen LogP contribution in [0.1, 0.15) is 22.3 Å². The van der Waals surface area contributed by atoms with Crippen molar-refractivity contribution in [3.63, 3.8) is 0 Å². The van der Waals surface area contributed by atoms with Gasteiger partial charge in [-0.25, -0.2) is 5.43 Å². The summed E-state index contributed by atoms with van der Waals surface area (Å²) in [5, 5.41) is 6.84. The van der Waals surface area contributed by atoms with Crippen LogP contribution in [-0.2, 0) is 16.2 Å². The smallest absolute Gasteiger partial charge is 0.329 e. The van der Waals surface area contributed by atoms with E-state index in [1.165, 1.54) is 11.8 Å². The van der Waals surface area contributed by atoms with Crippen LogP contribution in [0.5, 0.6) is 5.75 Å².